The number of halogens is 1. The Bertz CT molecular complexity index is 864. The van der Waals surface area contributed by atoms with Crippen molar-refractivity contribution in [3.8, 4) is 0 Å². The van der Waals surface area contributed by atoms with E-state index in [1.54, 1.807) is 30.9 Å². The van der Waals surface area contributed by atoms with Crippen molar-refractivity contribution < 1.29 is 23.8 Å². The van der Waals surface area contributed by atoms with Crippen molar-refractivity contribution in [2.75, 3.05) is 13.2 Å². The van der Waals surface area contributed by atoms with E-state index in [1.807, 2.05) is 30.3 Å². The van der Waals surface area contributed by atoms with Crippen LogP contribution in [0.2, 0.25) is 0 Å². The molecule has 2 heterocycles. The average Bonchev–Trinajstić information content (AvgIpc) is 2.70. The van der Waals surface area contributed by atoms with Crippen LogP contribution in [0.5, 0.6) is 0 Å². The van der Waals surface area contributed by atoms with Crippen molar-refractivity contribution in [1.29, 1.82) is 0 Å². The normalized spacial score (nSPS) is 26.3. The van der Waals surface area contributed by atoms with Gasteiger partial charge in [0.25, 0.3) is 0 Å². The second-order valence-corrected chi connectivity index (χ2v) is 8.16. The van der Waals surface area contributed by atoms with Gasteiger partial charge in [-0.2, -0.15) is 0 Å². The molecule has 2 aromatic rings. The number of morpholine rings is 1. The first-order valence-corrected chi connectivity index (χ1v) is 9.94. The van der Waals surface area contributed by atoms with Gasteiger partial charge in [0.1, 0.15) is 12.4 Å². The number of rotatable bonds is 3. The van der Waals surface area contributed by atoms with Gasteiger partial charge in [-0.25, -0.2) is 9.18 Å². The lowest BCUT2D eigenvalue weighted by molar-refractivity contribution is -0.137. The summed E-state index contributed by atoms with van der Waals surface area (Å²) in [5.74, 6) is -0.247. The molecule has 0 aliphatic carbocycles. The highest BCUT2D eigenvalue weighted by Crippen LogP contribution is 2.42. The van der Waals surface area contributed by atoms with Crippen LogP contribution in [0.1, 0.15) is 35.1 Å². The molecule has 4 rings (SSSR count). The topological polar surface area (TPSA) is 59.0 Å². The average molecular weight is 399 g/mol. The van der Waals surface area contributed by atoms with E-state index >= 15 is 0 Å². The van der Waals surface area contributed by atoms with Gasteiger partial charge in [-0.3, -0.25) is 4.90 Å². The van der Waals surface area contributed by atoms with Crippen LogP contribution in [0.15, 0.2) is 42.5 Å². The largest absolute Gasteiger partial charge is 0.445 e. The Morgan fingerprint density at radius 1 is 1.17 bits per heavy atom. The van der Waals surface area contributed by atoms with Gasteiger partial charge in [-0.1, -0.05) is 42.5 Å². The fourth-order valence-corrected chi connectivity index (χ4v) is 4.52. The van der Waals surface area contributed by atoms with Gasteiger partial charge in [-0.05, 0) is 36.1 Å². The summed E-state index contributed by atoms with van der Waals surface area (Å²) in [5.41, 5.74) is 1.52. The molecular weight excluding hydrogens is 373 g/mol. The molecule has 2 atom stereocenters. The summed E-state index contributed by atoms with van der Waals surface area (Å²) in [5, 5.41) is 11.4. The maximum absolute atomic E-state index is 14.1. The highest BCUT2D eigenvalue weighted by Gasteiger charge is 2.49. The molecule has 2 saturated heterocycles. The molecule has 0 saturated carbocycles. The lowest BCUT2D eigenvalue weighted by Crippen LogP contribution is -2.62. The molecule has 0 radical (unpaired) electrons. The zero-order valence-corrected chi connectivity index (χ0v) is 16.7. The Morgan fingerprint density at radius 3 is 2.34 bits per heavy atom. The smallest absolute Gasteiger partial charge is 0.410 e. The van der Waals surface area contributed by atoms with Crippen LogP contribution in [0, 0.1) is 19.7 Å². The molecule has 2 bridgehead atoms. The first-order valence-electron chi connectivity index (χ1n) is 9.94. The highest BCUT2D eigenvalue weighted by atomic mass is 19.1. The molecular formula is C23H26FNO4. The Labute approximate surface area is 170 Å². The monoisotopic (exact) mass is 399 g/mol. The predicted molar refractivity (Wildman–Crippen MR) is 106 cm³/mol. The van der Waals surface area contributed by atoms with Crippen molar-refractivity contribution in [3.63, 3.8) is 0 Å². The summed E-state index contributed by atoms with van der Waals surface area (Å²) in [4.78, 5) is 14.5. The number of nitrogens with zero attached hydrogens (tertiary/aromatic N) is 1. The number of aryl methyl sites for hydroxylation is 2. The highest BCUT2D eigenvalue weighted by molar-refractivity contribution is 5.69. The van der Waals surface area contributed by atoms with Crippen LogP contribution in [0.25, 0.3) is 0 Å². The molecule has 2 unspecified atom stereocenters. The van der Waals surface area contributed by atoms with E-state index in [-0.39, 0.29) is 30.6 Å². The summed E-state index contributed by atoms with van der Waals surface area (Å²) in [6.45, 7) is 4.30. The van der Waals surface area contributed by atoms with E-state index in [9.17, 15) is 14.3 Å². The number of amides is 1. The summed E-state index contributed by atoms with van der Waals surface area (Å²) in [6, 6.07) is 12.4. The fourth-order valence-electron chi connectivity index (χ4n) is 4.52. The Kier molecular flexibility index (Phi) is 5.32. The van der Waals surface area contributed by atoms with Gasteiger partial charge >= 0.3 is 6.09 Å². The Hall–Kier alpha value is -2.44. The predicted octanol–water partition coefficient (Wildman–Crippen LogP) is 3.83. The van der Waals surface area contributed by atoms with Crippen LogP contribution in [-0.4, -0.2) is 41.4 Å². The number of aliphatic hydroxyl groups is 1. The quantitative estimate of drug-likeness (QED) is 0.852. The number of carbonyl (C=O) groups is 1. The minimum Gasteiger partial charge on any atom is -0.445 e. The lowest BCUT2D eigenvalue weighted by Gasteiger charge is -2.51. The first kappa shape index (κ1) is 19.9. The molecule has 1 amide bonds. The molecule has 154 valence electrons. The molecule has 0 spiro atoms. The first-order chi connectivity index (χ1) is 13.9. The van der Waals surface area contributed by atoms with Gasteiger partial charge in [0.15, 0.2) is 0 Å². The lowest BCUT2D eigenvalue weighted by atomic mass is 9.76. The number of fused-ring (bicyclic) bond motifs is 2. The van der Waals surface area contributed by atoms with E-state index in [0.29, 0.717) is 42.7 Å². The maximum atomic E-state index is 14.1. The number of hydrogen-bond acceptors (Lipinski definition) is 4. The van der Waals surface area contributed by atoms with Gasteiger partial charge < -0.3 is 14.6 Å². The summed E-state index contributed by atoms with van der Waals surface area (Å²) >= 11 is 0. The molecule has 2 aromatic carbocycles. The summed E-state index contributed by atoms with van der Waals surface area (Å²) in [7, 11) is 0. The molecule has 6 heteroatoms. The molecule has 5 nitrogen and oxygen atoms in total. The van der Waals surface area contributed by atoms with Gasteiger partial charge in [-0.15, -0.1) is 0 Å². The number of piperidine rings is 1. The molecule has 29 heavy (non-hydrogen) atoms. The third-order valence-corrected chi connectivity index (χ3v) is 5.94. The standard InChI is InChI=1S/C23H26FNO4/c1-15-8-18(9-16(2)21(15)24)23(27)10-19-13-28-14-20(11-23)25(19)22(26)29-12-17-6-4-3-5-7-17/h3-9,19-20,27H,10-14H2,1-2H3. The van der Waals surface area contributed by atoms with Crippen LogP contribution in [0.4, 0.5) is 9.18 Å². The molecule has 2 fully saturated rings. The second kappa shape index (κ2) is 7.76. The Morgan fingerprint density at radius 2 is 1.76 bits per heavy atom. The minimum absolute atomic E-state index is 0.205. The summed E-state index contributed by atoms with van der Waals surface area (Å²) in [6.07, 6.45) is 0.267. The van der Waals surface area contributed by atoms with Crippen LogP contribution >= 0.6 is 0 Å². The minimum atomic E-state index is -1.13. The number of hydrogen-bond donors (Lipinski definition) is 1. The van der Waals surface area contributed by atoms with Crippen molar-refractivity contribution in [1.82, 2.24) is 4.90 Å². The van der Waals surface area contributed by atoms with Crippen molar-refractivity contribution in [3.05, 3.63) is 70.5 Å². The maximum Gasteiger partial charge on any atom is 0.410 e. The third-order valence-electron chi connectivity index (χ3n) is 5.94. The molecule has 0 aromatic heterocycles. The molecule has 1 N–H and O–H groups in total. The number of carbonyl (C=O) groups excluding carboxylic acids is 1. The van der Waals surface area contributed by atoms with E-state index in [2.05, 4.69) is 0 Å². The zero-order valence-electron chi connectivity index (χ0n) is 16.7. The van der Waals surface area contributed by atoms with Gasteiger partial charge in [0.05, 0.1) is 30.9 Å². The fraction of sp³-hybridized carbons (Fsp3) is 0.435. The Balaban J connectivity index is 1.52. The van der Waals surface area contributed by atoms with Crippen molar-refractivity contribution >= 4 is 6.09 Å². The molecule has 2 aliphatic rings. The van der Waals surface area contributed by atoms with Crippen LogP contribution in [0.3, 0.4) is 0 Å². The second-order valence-electron chi connectivity index (χ2n) is 8.16. The van der Waals surface area contributed by atoms with E-state index in [1.165, 1.54) is 0 Å². The van der Waals surface area contributed by atoms with Gasteiger partial charge in [0, 0.05) is 12.8 Å². The number of ether oxygens (including phenoxy) is 2. The van der Waals surface area contributed by atoms with E-state index < -0.39 is 5.60 Å². The van der Waals surface area contributed by atoms with Crippen molar-refractivity contribution in [2.24, 2.45) is 0 Å². The van der Waals surface area contributed by atoms with Gasteiger partial charge in [0.2, 0.25) is 0 Å². The number of benzene rings is 2. The van der Waals surface area contributed by atoms with Crippen LogP contribution < -0.4 is 0 Å². The van der Waals surface area contributed by atoms with E-state index in [0.717, 1.165) is 5.56 Å². The SMILES string of the molecule is Cc1cc(C2(O)CC3COCC(C2)N3C(=O)OCc2ccccc2)cc(C)c1F. The third kappa shape index (κ3) is 3.87. The zero-order chi connectivity index (χ0) is 20.6. The molecule has 2 aliphatic heterocycles. The van der Waals surface area contributed by atoms with Crippen molar-refractivity contribution in [2.45, 2.75) is 51.0 Å². The summed E-state index contributed by atoms with van der Waals surface area (Å²) < 4.78 is 25.2. The van der Waals surface area contributed by atoms with Crippen LogP contribution in [-0.2, 0) is 21.7 Å². The van der Waals surface area contributed by atoms with E-state index in [4.69, 9.17) is 9.47 Å².